The molecule has 2 aromatic carbocycles. The Bertz CT molecular complexity index is 1320. The Labute approximate surface area is 210 Å². The van der Waals surface area contributed by atoms with Crippen molar-refractivity contribution in [2.45, 2.75) is 39.1 Å². The highest BCUT2D eigenvalue weighted by Crippen LogP contribution is 2.29. The minimum Gasteiger partial charge on any atom is -0.444 e. The van der Waals surface area contributed by atoms with E-state index < -0.39 is 34.9 Å². The molecule has 1 aliphatic heterocycles. The predicted molar refractivity (Wildman–Crippen MR) is 128 cm³/mol. The third kappa shape index (κ3) is 6.12. The fourth-order valence-electron chi connectivity index (χ4n) is 3.95. The topological polar surface area (TPSA) is 72.6 Å². The molecule has 1 aliphatic rings. The SMILES string of the molecule is CC(C)(C)OC(=O)N1CCN(c2ccc(-n3cnn(Cc4ccc(C(F)(F)F)cc4)c3=O)cc2F)CC1. The number of alkyl halides is 3. The van der Waals surface area contributed by atoms with Crippen molar-refractivity contribution >= 4 is 11.8 Å². The maximum absolute atomic E-state index is 15.0. The number of aromatic nitrogens is 3. The number of hydrogen-bond donors (Lipinski definition) is 0. The van der Waals surface area contributed by atoms with Gasteiger partial charge in [-0.25, -0.2) is 23.2 Å². The molecule has 12 heteroatoms. The molecule has 1 saturated heterocycles. The minimum atomic E-state index is -4.45. The standard InChI is InChI=1S/C25H27F4N5O3/c1-24(2,3)37-23(36)32-12-10-31(11-13-32)21-9-8-19(14-20(21)26)33-16-30-34(22(33)35)15-17-4-6-18(7-5-17)25(27,28)29/h4-9,14,16H,10-13,15H2,1-3H3. The molecule has 0 aliphatic carbocycles. The van der Waals surface area contributed by atoms with Gasteiger partial charge in [0.15, 0.2) is 0 Å². The number of halogens is 4. The quantitative estimate of drug-likeness (QED) is 0.479. The lowest BCUT2D eigenvalue weighted by Gasteiger charge is -2.36. The molecule has 1 amide bonds. The van der Waals surface area contributed by atoms with E-state index in [1.54, 1.807) is 37.8 Å². The summed E-state index contributed by atoms with van der Waals surface area (Å²) in [6.45, 7) is 6.94. The Morgan fingerprint density at radius 2 is 1.65 bits per heavy atom. The number of nitrogens with zero attached hydrogens (tertiary/aromatic N) is 5. The van der Waals surface area contributed by atoms with Gasteiger partial charge in [0.25, 0.3) is 0 Å². The first kappa shape index (κ1) is 26.2. The second-order valence-corrected chi connectivity index (χ2v) is 9.73. The molecular weight excluding hydrogens is 494 g/mol. The third-order valence-electron chi connectivity index (χ3n) is 5.83. The van der Waals surface area contributed by atoms with Crippen LogP contribution in [0.5, 0.6) is 0 Å². The highest BCUT2D eigenvalue weighted by molar-refractivity contribution is 5.68. The Balaban J connectivity index is 1.43. The van der Waals surface area contributed by atoms with Crippen molar-refractivity contribution in [3.8, 4) is 5.69 Å². The van der Waals surface area contributed by atoms with Crippen molar-refractivity contribution in [3.05, 3.63) is 76.2 Å². The van der Waals surface area contributed by atoms with Gasteiger partial charge in [-0.05, 0) is 50.6 Å². The Kier molecular flexibility index (Phi) is 7.03. The van der Waals surface area contributed by atoms with Gasteiger partial charge in [0.2, 0.25) is 0 Å². The second kappa shape index (κ2) is 9.91. The fraction of sp³-hybridized carbons (Fsp3) is 0.400. The molecular formula is C25H27F4N5O3. The maximum Gasteiger partial charge on any atom is 0.416 e. The van der Waals surface area contributed by atoms with Gasteiger partial charge in [-0.15, -0.1) is 0 Å². The van der Waals surface area contributed by atoms with E-state index in [1.165, 1.54) is 24.5 Å². The monoisotopic (exact) mass is 521 g/mol. The summed E-state index contributed by atoms with van der Waals surface area (Å²) in [7, 11) is 0. The Morgan fingerprint density at radius 1 is 1.00 bits per heavy atom. The van der Waals surface area contributed by atoms with Crippen LogP contribution >= 0.6 is 0 Å². The van der Waals surface area contributed by atoms with E-state index in [9.17, 15) is 22.8 Å². The van der Waals surface area contributed by atoms with E-state index in [2.05, 4.69) is 5.10 Å². The van der Waals surface area contributed by atoms with Gasteiger partial charge in [0.1, 0.15) is 17.7 Å². The number of rotatable bonds is 4. The first-order chi connectivity index (χ1) is 17.3. The molecule has 198 valence electrons. The molecule has 0 unspecified atom stereocenters. The van der Waals surface area contributed by atoms with Crippen LogP contribution in [0.3, 0.4) is 0 Å². The Morgan fingerprint density at radius 3 is 2.22 bits per heavy atom. The summed E-state index contributed by atoms with van der Waals surface area (Å²) in [6.07, 6.45) is -3.62. The number of ether oxygens (including phenoxy) is 1. The van der Waals surface area contributed by atoms with Crippen LogP contribution in [0.2, 0.25) is 0 Å². The molecule has 0 saturated carbocycles. The highest BCUT2D eigenvalue weighted by atomic mass is 19.4. The third-order valence-corrected chi connectivity index (χ3v) is 5.83. The van der Waals surface area contributed by atoms with Crippen LogP contribution in [0.4, 0.5) is 28.0 Å². The first-order valence-corrected chi connectivity index (χ1v) is 11.7. The van der Waals surface area contributed by atoms with E-state index in [4.69, 9.17) is 4.74 Å². The molecule has 2 heterocycles. The van der Waals surface area contributed by atoms with Crippen molar-refractivity contribution in [1.29, 1.82) is 0 Å². The molecule has 4 rings (SSSR count). The lowest BCUT2D eigenvalue weighted by Crippen LogP contribution is -2.50. The minimum absolute atomic E-state index is 0.0353. The summed E-state index contributed by atoms with van der Waals surface area (Å²) < 4.78 is 61.0. The van der Waals surface area contributed by atoms with Crippen LogP contribution in [0.15, 0.2) is 53.6 Å². The van der Waals surface area contributed by atoms with Crippen molar-refractivity contribution in [1.82, 2.24) is 19.2 Å². The zero-order valence-electron chi connectivity index (χ0n) is 20.6. The largest absolute Gasteiger partial charge is 0.444 e. The zero-order valence-corrected chi connectivity index (χ0v) is 20.6. The molecule has 37 heavy (non-hydrogen) atoms. The van der Waals surface area contributed by atoms with Gasteiger partial charge in [0.05, 0.1) is 23.5 Å². The summed E-state index contributed by atoms with van der Waals surface area (Å²) in [5.41, 5.74) is -0.865. The number of hydrogen-bond acceptors (Lipinski definition) is 5. The number of carbonyl (C=O) groups excluding carboxylic acids is 1. The van der Waals surface area contributed by atoms with Crippen molar-refractivity contribution in [3.63, 3.8) is 0 Å². The van der Waals surface area contributed by atoms with Crippen LogP contribution in [-0.2, 0) is 17.5 Å². The molecule has 0 atom stereocenters. The molecule has 1 aromatic heterocycles. The normalized spacial score (nSPS) is 14.7. The summed E-state index contributed by atoms with van der Waals surface area (Å²) >= 11 is 0. The van der Waals surface area contributed by atoms with Crippen LogP contribution in [0.25, 0.3) is 5.69 Å². The number of carbonyl (C=O) groups is 1. The lowest BCUT2D eigenvalue weighted by molar-refractivity contribution is -0.137. The smallest absolute Gasteiger partial charge is 0.416 e. The van der Waals surface area contributed by atoms with E-state index in [1.807, 2.05) is 4.90 Å². The van der Waals surface area contributed by atoms with Crippen LogP contribution in [0, 0.1) is 5.82 Å². The molecule has 0 radical (unpaired) electrons. The molecule has 0 bridgehead atoms. The van der Waals surface area contributed by atoms with Gasteiger partial charge in [-0.3, -0.25) is 0 Å². The van der Waals surface area contributed by atoms with Crippen LogP contribution < -0.4 is 10.6 Å². The van der Waals surface area contributed by atoms with Gasteiger partial charge < -0.3 is 14.5 Å². The number of benzene rings is 2. The molecule has 0 N–H and O–H groups in total. The second-order valence-electron chi connectivity index (χ2n) is 9.73. The van der Waals surface area contributed by atoms with Gasteiger partial charge in [-0.2, -0.15) is 18.3 Å². The molecule has 3 aromatic rings. The van der Waals surface area contributed by atoms with Crippen LogP contribution in [0.1, 0.15) is 31.9 Å². The van der Waals surface area contributed by atoms with E-state index in [0.29, 0.717) is 37.4 Å². The number of anilines is 1. The zero-order chi connectivity index (χ0) is 27.0. The number of piperazine rings is 1. The van der Waals surface area contributed by atoms with Gasteiger partial charge in [0, 0.05) is 32.2 Å². The molecule has 8 nitrogen and oxygen atoms in total. The van der Waals surface area contributed by atoms with Crippen molar-refractivity contribution in [2.75, 3.05) is 31.1 Å². The fourth-order valence-corrected chi connectivity index (χ4v) is 3.95. The molecule has 1 fully saturated rings. The first-order valence-electron chi connectivity index (χ1n) is 11.7. The van der Waals surface area contributed by atoms with E-state index in [0.717, 1.165) is 21.4 Å². The summed E-state index contributed by atoms with van der Waals surface area (Å²) in [5.74, 6) is -0.536. The lowest BCUT2D eigenvalue weighted by atomic mass is 10.1. The summed E-state index contributed by atoms with van der Waals surface area (Å²) in [5, 5.41) is 4.01. The van der Waals surface area contributed by atoms with Gasteiger partial charge >= 0.3 is 18.0 Å². The maximum atomic E-state index is 15.0. The van der Waals surface area contributed by atoms with E-state index in [-0.39, 0.29) is 12.2 Å². The average Bonchev–Trinajstić information content (AvgIpc) is 3.17. The Hall–Kier alpha value is -3.83. The predicted octanol–water partition coefficient (Wildman–Crippen LogP) is 4.30. The number of amides is 1. The summed E-state index contributed by atoms with van der Waals surface area (Å²) in [4.78, 5) is 28.5. The van der Waals surface area contributed by atoms with E-state index >= 15 is 4.39 Å². The highest BCUT2D eigenvalue weighted by Gasteiger charge is 2.30. The average molecular weight is 522 g/mol. The van der Waals surface area contributed by atoms with Crippen LogP contribution in [-0.4, -0.2) is 57.1 Å². The van der Waals surface area contributed by atoms with Gasteiger partial charge in [-0.1, -0.05) is 12.1 Å². The molecule has 0 spiro atoms. The van der Waals surface area contributed by atoms with Crippen molar-refractivity contribution in [2.24, 2.45) is 0 Å². The summed E-state index contributed by atoms with van der Waals surface area (Å²) in [6, 6.07) is 8.83. The van der Waals surface area contributed by atoms with Crippen molar-refractivity contribution < 1.29 is 27.1 Å².